The van der Waals surface area contributed by atoms with E-state index in [1.165, 1.54) is 52.7 Å². The number of hydrogen-bond donors (Lipinski definition) is 1. The van der Waals surface area contributed by atoms with Gasteiger partial charge in [0.05, 0.1) is 70.0 Å². The van der Waals surface area contributed by atoms with Crippen LogP contribution in [0.4, 0.5) is 20.2 Å². The third-order valence-corrected chi connectivity index (χ3v) is 8.87. The molecule has 0 fully saturated rings. The van der Waals surface area contributed by atoms with Crippen LogP contribution < -0.4 is 18.5 Å². The molecule has 1 N–H and O–H groups in total. The number of hydrogen-bond acceptors (Lipinski definition) is 10. The predicted molar refractivity (Wildman–Crippen MR) is 200 cm³/mol. The fraction of sp³-hybridized carbons (Fsp3) is 0.257. The lowest BCUT2D eigenvalue weighted by Gasteiger charge is -2.23. The Kier molecular flexibility index (Phi) is 18.2. The molecule has 0 atom stereocenters. The zero-order valence-corrected chi connectivity index (χ0v) is 31.7. The van der Waals surface area contributed by atoms with E-state index in [-0.39, 0.29) is 30.7 Å². The number of esters is 2. The van der Waals surface area contributed by atoms with Crippen LogP contribution in [-0.4, -0.2) is 69.7 Å². The number of sulfonamides is 2. The molecule has 0 aliphatic heterocycles. The van der Waals surface area contributed by atoms with Crippen molar-refractivity contribution >= 4 is 59.3 Å². The summed E-state index contributed by atoms with van der Waals surface area (Å²) in [6.45, 7) is -0.223. The van der Waals surface area contributed by atoms with Crippen LogP contribution in [-0.2, 0) is 41.4 Å². The van der Waals surface area contributed by atoms with Gasteiger partial charge in [-0.15, -0.1) is 0 Å². The minimum absolute atomic E-state index is 0. The molecule has 4 rings (SSSR count). The first-order chi connectivity index (χ1) is 24.0. The van der Waals surface area contributed by atoms with Gasteiger partial charge in [-0.2, -0.15) is 0 Å². The number of nitrogens with zero attached hydrogens (tertiary/aromatic N) is 1. The van der Waals surface area contributed by atoms with Crippen molar-refractivity contribution in [3.63, 3.8) is 0 Å². The van der Waals surface area contributed by atoms with Crippen molar-refractivity contribution in [1.82, 2.24) is 0 Å². The Bertz CT molecular complexity index is 2030. The van der Waals surface area contributed by atoms with Crippen LogP contribution in [0.1, 0.15) is 39.3 Å². The Labute approximate surface area is 311 Å². The van der Waals surface area contributed by atoms with Gasteiger partial charge in [-0.25, -0.2) is 35.2 Å². The minimum Gasteiger partial charge on any atom is -0.497 e. The molecule has 0 radical (unpaired) electrons. The van der Waals surface area contributed by atoms with Gasteiger partial charge in [-0.05, 0) is 54.1 Å². The molecule has 0 aliphatic rings. The molecule has 0 aliphatic carbocycles. The maximum Gasteiger partial charge on any atom is 0.337 e. The van der Waals surface area contributed by atoms with Gasteiger partial charge < -0.3 is 18.9 Å². The molecule has 52 heavy (non-hydrogen) atoms. The highest BCUT2D eigenvalue weighted by Gasteiger charge is 2.21. The first kappa shape index (κ1) is 45.3. The van der Waals surface area contributed by atoms with Crippen LogP contribution in [0.3, 0.4) is 0 Å². The minimum atomic E-state index is -3.67. The molecule has 0 unspecified atom stereocenters. The van der Waals surface area contributed by atoms with Gasteiger partial charge in [0.2, 0.25) is 20.0 Å². The van der Waals surface area contributed by atoms with Crippen molar-refractivity contribution in [2.45, 2.75) is 19.3 Å². The fourth-order valence-corrected chi connectivity index (χ4v) is 5.92. The molecule has 4 aromatic carbocycles. The topological polar surface area (TPSA) is 155 Å². The van der Waals surface area contributed by atoms with Crippen LogP contribution in [0.2, 0.25) is 0 Å². The van der Waals surface area contributed by atoms with E-state index in [1.54, 1.807) is 54.6 Å². The van der Waals surface area contributed by atoms with Crippen LogP contribution in [0.25, 0.3) is 0 Å². The van der Waals surface area contributed by atoms with Gasteiger partial charge in [-0.1, -0.05) is 47.6 Å². The number of anilines is 2. The normalized spacial score (nSPS) is 10.5. The third-order valence-electron chi connectivity index (χ3n) is 6.52. The summed E-state index contributed by atoms with van der Waals surface area (Å²) in [5.41, 5.74) is 1.77. The van der Waals surface area contributed by atoms with Crippen LogP contribution >= 0.6 is 15.9 Å². The van der Waals surface area contributed by atoms with E-state index in [2.05, 4.69) is 30.1 Å². The molecule has 284 valence electrons. The molecular formula is C35H41BrF2N2O10S2. The lowest BCUT2D eigenvalue weighted by Crippen LogP contribution is -2.29. The summed E-state index contributed by atoms with van der Waals surface area (Å²) >= 11 is 3.13. The molecule has 17 heteroatoms. The Morgan fingerprint density at radius 3 is 1.62 bits per heavy atom. The van der Waals surface area contributed by atoms with E-state index in [9.17, 15) is 35.2 Å². The Balaban J connectivity index is 0.000000424. The second-order valence-electron chi connectivity index (χ2n) is 10.3. The summed E-state index contributed by atoms with van der Waals surface area (Å²) in [5, 5.41) is 0.431. The van der Waals surface area contributed by atoms with Gasteiger partial charge in [0.1, 0.15) is 23.1 Å². The molecule has 0 bridgehead atoms. The largest absolute Gasteiger partial charge is 0.497 e. The molecular weight excluding hydrogens is 790 g/mol. The smallest absolute Gasteiger partial charge is 0.337 e. The van der Waals surface area contributed by atoms with Gasteiger partial charge in [0.15, 0.2) is 0 Å². The van der Waals surface area contributed by atoms with E-state index >= 15 is 0 Å². The zero-order valence-electron chi connectivity index (χ0n) is 28.5. The van der Waals surface area contributed by atoms with Gasteiger partial charge >= 0.3 is 11.9 Å². The Hall–Kier alpha value is -4.74. The van der Waals surface area contributed by atoms with Gasteiger partial charge in [0.25, 0.3) is 0 Å². The number of methoxy groups -OCH3 is 4. The van der Waals surface area contributed by atoms with E-state index < -0.39 is 43.6 Å². The monoisotopic (exact) mass is 830 g/mol. The summed E-state index contributed by atoms with van der Waals surface area (Å²) in [4.78, 5) is 22.4. The molecule has 0 saturated carbocycles. The summed E-state index contributed by atoms with van der Waals surface area (Å²) in [5.74, 6) is -1.20. The highest BCUT2D eigenvalue weighted by atomic mass is 79.9. The lowest BCUT2D eigenvalue weighted by atomic mass is 10.1. The van der Waals surface area contributed by atoms with Gasteiger partial charge in [0, 0.05) is 23.0 Å². The van der Waals surface area contributed by atoms with Gasteiger partial charge in [-0.3, -0.25) is 9.03 Å². The van der Waals surface area contributed by atoms with E-state index in [4.69, 9.17) is 9.47 Å². The molecule has 0 saturated heterocycles. The molecule has 0 amide bonds. The number of halogens is 3. The number of alkyl halides is 1. The highest BCUT2D eigenvalue weighted by molar-refractivity contribution is 9.08. The number of carbonyl (C=O) groups excluding carboxylic acids is 2. The van der Waals surface area contributed by atoms with Crippen molar-refractivity contribution in [3.05, 3.63) is 119 Å². The standard InChI is InChI=1S/C17H18FNO5S.C9H8BrFO2.C8H11NO3S.CH4/c1-23-15-6-4-5-14(10-15)19(25(3,21)22)11-13-8-7-12(9-16(13)18)17(20)24-2;1-13-9(12)6-2-3-7(5-10)8(11)4-6;1-12-8-5-3-4-7(6-8)9-13(2,10)11;/h4-10H,11H2,1-3H3;2-4H,5H2,1H3;3-6,9H,1-2H3;1H4. The van der Waals surface area contributed by atoms with Crippen LogP contribution in [0, 0.1) is 11.6 Å². The fourth-order valence-electron chi connectivity index (χ4n) is 4.04. The van der Waals surface area contributed by atoms with E-state index in [0.29, 0.717) is 33.8 Å². The van der Waals surface area contributed by atoms with Crippen LogP contribution in [0.5, 0.6) is 11.5 Å². The molecule has 4 aromatic rings. The van der Waals surface area contributed by atoms with E-state index in [1.807, 2.05) is 0 Å². The Morgan fingerprint density at radius 1 is 0.712 bits per heavy atom. The van der Waals surface area contributed by atoms with E-state index in [0.717, 1.165) is 22.9 Å². The highest BCUT2D eigenvalue weighted by Crippen LogP contribution is 2.26. The maximum absolute atomic E-state index is 14.3. The average Bonchev–Trinajstić information content (AvgIpc) is 3.09. The first-order valence-electron chi connectivity index (χ1n) is 14.5. The summed E-state index contributed by atoms with van der Waals surface area (Å²) in [6, 6.07) is 21.2. The maximum atomic E-state index is 14.3. The zero-order chi connectivity index (χ0) is 38.4. The van der Waals surface area contributed by atoms with Crippen molar-refractivity contribution in [1.29, 1.82) is 0 Å². The quantitative estimate of drug-likeness (QED) is 0.126. The van der Waals surface area contributed by atoms with Crippen LogP contribution in [0.15, 0.2) is 84.9 Å². The second kappa shape index (κ2) is 20.9. The Morgan fingerprint density at radius 2 is 1.19 bits per heavy atom. The predicted octanol–water partition coefficient (Wildman–Crippen LogP) is 6.80. The van der Waals surface area contributed by atoms with Crippen molar-refractivity contribution in [3.8, 4) is 11.5 Å². The number of benzene rings is 4. The SMILES string of the molecule is C.COC(=O)c1ccc(CBr)c(F)c1.COC(=O)c1ccc(CN(c2cccc(OC)c2)S(C)(=O)=O)c(F)c1.COc1cccc(NS(C)(=O)=O)c1. The summed E-state index contributed by atoms with van der Waals surface area (Å²) < 4.78 is 95.8. The lowest BCUT2D eigenvalue weighted by molar-refractivity contribution is 0.0591. The van der Waals surface area contributed by atoms with Crippen molar-refractivity contribution < 1.29 is 54.2 Å². The number of rotatable bonds is 11. The van der Waals surface area contributed by atoms with Crippen molar-refractivity contribution in [2.24, 2.45) is 0 Å². The molecule has 0 aromatic heterocycles. The molecule has 0 heterocycles. The third kappa shape index (κ3) is 14.5. The molecule has 0 spiro atoms. The summed E-state index contributed by atoms with van der Waals surface area (Å²) in [6.07, 6.45) is 2.14. The number of ether oxygens (including phenoxy) is 4. The average molecular weight is 832 g/mol. The second-order valence-corrected chi connectivity index (χ2v) is 14.5. The first-order valence-corrected chi connectivity index (χ1v) is 19.3. The van der Waals surface area contributed by atoms with Crippen molar-refractivity contribution in [2.75, 3.05) is 50.0 Å². The number of carbonyl (C=O) groups is 2. The number of nitrogens with one attached hydrogen (secondary N) is 1. The molecule has 12 nitrogen and oxygen atoms in total. The summed E-state index contributed by atoms with van der Waals surface area (Å²) in [7, 11) is -1.42.